The Labute approximate surface area is 169 Å². The first-order chi connectivity index (χ1) is 13.4. The van der Waals surface area contributed by atoms with Gasteiger partial charge in [0.1, 0.15) is 18.0 Å². The number of esters is 3. The van der Waals surface area contributed by atoms with Crippen LogP contribution >= 0.6 is 0 Å². The molecule has 29 heavy (non-hydrogen) atoms. The molecule has 0 amide bonds. The zero-order valence-corrected chi connectivity index (χ0v) is 17.0. The minimum atomic E-state index is -1.52. The van der Waals surface area contributed by atoms with Gasteiger partial charge < -0.3 is 24.4 Å². The van der Waals surface area contributed by atoms with E-state index in [1.165, 1.54) is 26.8 Å². The molecule has 0 radical (unpaired) electrons. The van der Waals surface area contributed by atoms with E-state index in [1.807, 2.05) is 0 Å². The Balaban J connectivity index is 2.61. The third kappa shape index (κ3) is 5.65. The minimum absolute atomic E-state index is 0.000148. The Morgan fingerprint density at radius 3 is 2.55 bits per heavy atom. The van der Waals surface area contributed by atoms with Gasteiger partial charge in [-0.3, -0.25) is 4.79 Å². The highest BCUT2D eigenvalue weighted by Gasteiger charge is 2.39. The van der Waals surface area contributed by atoms with Crippen LogP contribution < -0.4 is 0 Å². The third-order valence-corrected chi connectivity index (χ3v) is 4.47. The van der Waals surface area contributed by atoms with Crippen LogP contribution in [0.15, 0.2) is 46.8 Å². The Bertz CT molecular complexity index is 828. The lowest BCUT2D eigenvalue weighted by molar-refractivity contribution is -0.145. The third-order valence-electron chi connectivity index (χ3n) is 4.47. The molecule has 2 N–H and O–H groups in total. The maximum atomic E-state index is 12.2. The molecular weight excluding hydrogens is 380 g/mol. The van der Waals surface area contributed by atoms with E-state index in [-0.39, 0.29) is 35.3 Å². The maximum absolute atomic E-state index is 12.2. The molecule has 0 saturated heterocycles. The largest absolute Gasteiger partial charge is 0.458 e. The Hall–Kier alpha value is -2.71. The molecule has 0 fully saturated rings. The highest BCUT2D eigenvalue weighted by atomic mass is 16.6. The smallest absolute Gasteiger partial charge is 0.342 e. The topological polar surface area (TPSA) is 119 Å². The van der Waals surface area contributed by atoms with Crippen LogP contribution in [0, 0.1) is 0 Å². The summed E-state index contributed by atoms with van der Waals surface area (Å²) in [5.41, 5.74) is -0.516. The Morgan fingerprint density at radius 2 is 2.00 bits per heavy atom. The fourth-order valence-corrected chi connectivity index (χ4v) is 3.29. The van der Waals surface area contributed by atoms with Crippen molar-refractivity contribution in [2.24, 2.45) is 0 Å². The van der Waals surface area contributed by atoms with Crippen molar-refractivity contribution >= 4 is 17.9 Å². The van der Waals surface area contributed by atoms with E-state index in [1.54, 1.807) is 13.0 Å². The van der Waals surface area contributed by atoms with Crippen LogP contribution in [-0.4, -0.2) is 52.5 Å². The summed E-state index contributed by atoms with van der Waals surface area (Å²) in [7, 11) is 0. The summed E-state index contributed by atoms with van der Waals surface area (Å²) in [6, 6.07) is 0. The zero-order chi connectivity index (χ0) is 21.9. The van der Waals surface area contributed by atoms with E-state index in [0.29, 0.717) is 5.57 Å². The van der Waals surface area contributed by atoms with Gasteiger partial charge in [-0.25, -0.2) is 9.59 Å². The van der Waals surface area contributed by atoms with E-state index < -0.39 is 42.3 Å². The van der Waals surface area contributed by atoms with Crippen LogP contribution in [0.2, 0.25) is 0 Å². The summed E-state index contributed by atoms with van der Waals surface area (Å²) >= 11 is 0. The predicted molar refractivity (Wildman–Crippen MR) is 102 cm³/mol. The van der Waals surface area contributed by atoms with E-state index in [9.17, 15) is 24.6 Å². The van der Waals surface area contributed by atoms with Crippen molar-refractivity contribution in [2.75, 3.05) is 6.61 Å². The van der Waals surface area contributed by atoms with Crippen LogP contribution in [0.1, 0.15) is 40.5 Å². The van der Waals surface area contributed by atoms with Gasteiger partial charge in [0.15, 0.2) is 0 Å². The summed E-state index contributed by atoms with van der Waals surface area (Å²) < 4.78 is 16.0. The Kier molecular flexibility index (Phi) is 6.81. The number of fused-ring (bicyclic) bond motifs is 1. The second-order valence-corrected chi connectivity index (χ2v) is 7.55. The number of carbonyl (C=O) groups is 3. The highest BCUT2D eigenvalue weighted by Crippen LogP contribution is 2.36. The molecule has 1 heterocycles. The van der Waals surface area contributed by atoms with Crippen LogP contribution in [0.4, 0.5) is 0 Å². The van der Waals surface area contributed by atoms with Gasteiger partial charge in [-0.2, -0.15) is 0 Å². The van der Waals surface area contributed by atoms with Gasteiger partial charge in [0.05, 0.1) is 17.8 Å². The average Bonchev–Trinajstić information content (AvgIpc) is 2.86. The van der Waals surface area contributed by atoms with Crippen LogP contribution in [-0.2, 0) is 28.6 Å². The van der Waals surface area contributed by atoms with Gasteiger partial charge in [-0.1, -0.05) is 12.2 Å². The van der Waals surface area contributed by atoms with Crippen molar-refractivity contribution in [1.29, 1.82) is 0 Å². The van der Waals surface area contributed by atoms with E-state index in [0.717, 1.165) is 0 Å². The number of carbonyl (C=O) groups excluding carboxylic acids is 3. The molecule has 0 aromatic heterocycles. The van der Waals surface area contributed by atoms with Gasteiger partial charge in [-0.15, -0.1) is 0 Å². The molecule has 158 valence electrons. The lowest BCUT2D eigenvalue weighted by atomic mass is 9.89. The summed E-state index contributed by atoms with van der Waals surface area (Å²) in [5.74, 6) is -1.97. The van der Waals surface area contributed by atoms with E-state index in [2.05, 4.69) is 6.58 Å². The second kappa shape index (κ2) is 8.75. The molecule has 0 unspecified atom stereocenters. The monoisotopic (exact) mass is 406 g/mol. The minimum Gasteiger partial charge on any atom is -0.458 e. The molecule has 8 nitrogen and oxygen atoms in total. The molecule has 0 bridgehead atoms. The number of rotatable bonds is 4. The van der Waals surface area contributed by atoms with Crippen molar-refractivity contribution in [3.05, 3.63) is 46.8 Å². The number of aliphatic hydroxyl groups excluding tert-OH is 1. The molecular formula is C21H26O8. The van der Waals surface area contributed by atoms with Crippen molar-refractivity contribution in [3.63, 3.8) is 0 Å². The first-order valence-corrected chi connectivity index (χ1v) is 9.16. The molecule has 8 heteroatoms. The quantitative estimate of drug-likeness (QED) is 0.313. The second-order valence-electron chi connectivity index (χ2n) is 7.55. The summed E-state index contributed by atoms with van der Waals surface area (Å²) in [6.45, 7) is 8.91. The lowest BCUT2D eigenvalue weighted by Gasteiger charge is -2.28. The van der Waals surface area contributed by atoms with Gasteiger partial charge in [0.2, 0.25) is 0 Å². The van der Waals surface area contributed by atoms with E-state index >= 15 is 0 Å². The van der Waals surface area contributed by atoms with E-state index in [4.69, 9.17) is 14.2 Å². The molecule has 0 aromatic rings. The molecule has 0 spiro atoms. The average molecular weight is 406 g/mol. The molecule has 2 rings (SSSR count). The molecule has 0 aromatic carbocycles. The molecule has 1 aliphatic heterocycles. The van der Waals surface area contributed by atoms with Gasteiger partial charge in [0, 0.05) is 30.9 Å². The normalized spacial score (nSPS) is 30.9. The number of aliphatic hydroxyl groups is 2. The van der Waals surface area contributed by atoms with Crippen LogP contribution in [0.5, 0.6) is 0 Å². The lowest BCUT2D eigenvalue weighted by Crippen LogP contribution is -2.32. The standard InChI is InChI=1S/C21H26O8/c1-11(2)19(24)28-16-7-12(3)6-14(27-13(4)23)8-21(5,26)9-17-18(16)15(10-22)20(25)29-17/h6,9,14,16,22,26H,1,7-8,10H2,2-5H3/b12-6-,17-9+/t14-,16+,21-/m0/s1. The van der Waals surface area contributed by atoms with Gasteiger partial charge in [-0.05, 0) is 32.9 Å². The van der Waals surface area contributed by atoms with Crippen molar-refractivity contribution in [1.82, 2.24) is 0 Å². The highest BCUT2D eigenvalue weighted by molar-refractivity contribution is 5.95. The number of hydrogen-bond donors (Lipinski definition) is 2. The van der Waals surface area contributed by atoms with Crippen molar-refractivity contribution in [3.8, 4) is 0 Å². The Morgan fingerprint density at radius 1 is 1.34 bits per heavy atom. The zero-order valence-electron chi connectivity index (χ0n) is 17.0. The fourth-order valence-electron chi connectivity index (χ4n) is 3.29. The fraction of sp³-hybridized carbons (Fsp3) is 0.476. The first kappa shape index (κ1) is 22.6. The van der Waals surface area contributed by atoms with Crippen LogP contribution in [0.25, 0.3) is 0 Å². The maximum Gasteiger partial charge on any atom is 0.342 e. The molecule has 2 aliphatic rings. The SMILES string of the molecule is C=C(C)C(=O)O[C@@H]1C/C(C)=C\[C@H](OC(C)=O)C[C@](C)(O)/C=C2/OC(=O)C(CO)=C21. The van der Waals surface area contributed by atoms with Crippen LogP contribution in [0.3, 0.4) is 0 Å². The van der Waals surface area contributed by atoms with Gasteiger partial charge in [0.25, 0.3) is 0 Å². The summed E-state index contributed by atoms with van der Waals surface area (Å²) in [5, 5.41) is 20.5. The first-order valence-electron chi connectivity index (χ1n) is 9.16. The van der Waals surface area contributed by atoms with Crippen molar-refractivity contribution < 1.29 is 38.8 Å². The van der Waals surface area contributed by atoms with Crippen molar-refractivity contribution in [2.45, 2.75) is 58.3 Å². The molecule has 0 saturated carbocycles. The van der Waals surface area contributed by atoms with Gasteiger partial charge >= 0.3 is 17.9 Å². The summed E-state index contributed by atoms with van der Waals surface area (Å²) in [6.07, 6.45) is 1.43. The molecule has 1 aliphatic carbocycles. The summed E-state index contributed by atoms with van der Waals surface area (Å²) in [4.78, 5) is 35.9. The number of hydrogen-bond acceptors (Lipinski definition) is 8. The predicted octanol–water partition coefficient (Wildman–Crippen LogP) is 1.63. The number of ether oxygens (including phenoxy) is 3. The molecule has 3 atom stereocenters.